The minimum Gasteiger partial charge on any atom is -0.396 e. The van der Waals surface area contributed by atoms with Crippen molar-refractivity contribution in [2.75, 3.05) is 32.8 Å². The molecule has 2 fully saturated rings. The van der Waals surface area contributed by atoms with Gasteiger partial charge >= 0.3 is 0 Å². The van der Waals surface area contributed by atoms with E-state index in [1.54, 1.807) is 4.90 Å². The summed E-state index contributed by atoms with van der Waals surface area (Å²) >= 11 is 0. The van der Waals surface area contributed by atoms with Gasteiger partial charge in [-0.05, 0) is 51.4 Å². The standard InChI is InChI=1S/C31H49N3O5/c1-8-16-32-17-12-14-30(9-2)22(25(32)36)23-26(37)33(18-10-11-20-35)24-27(38)34(19-13-15-31(23,24)39-30)29(6,7)21-28(3,4)5/h12-15,22-24,35H,8-11,16-21H2,1-7H3/t22-,23-,24?,30+,31-/m0/s1. The van der Waals surface area contributed by atoms with Gasteiger partial charge in [0, 0.05) is 38.3 Å². The van der Waals surface area contributed by atoms with Crippen molar-refractivity contribution in [1.82, 2.24) is 14.7 Å². The van der Waals surface area contributed by atoms with E-state index >= 15 is 0 Å². The van der Waals surface area contributed by atoms with Crippen molar-refractivity contribution < 1.29 is 24.2 Å². The molecule has 218 valence electrons. The summed E-state index contributed by atoms with van der Waals surface area (Å²) in [7, 11) is 0. The van der Waals surface area contributed by atoms with E-state index in [-0.39, 0.29) is 29.7 Å². The highest BCUT2D eigenvalue weighted by Crippen LogP contribution is 2.58. The number of ether oxygens (including phenoxy) is 1. The number of rotatable bonds is 9. The van der Waals surface area contributed by atoms with Crippen LogP contribution in [0.5, 0.6) is 0 Å². The van der Waals surface area contributed by atoms with Crippen molar-refractivity contribution in [2.45, 2.75) is 103 Å². The van der Waals surface area contributed by atoms with Crippen molar-refractivity contribution in [3.63, 3.8) is 0 Å². The minimum atomic E-state index is -1.23. The Kier molecular flexibility index (Phi) is 8.14. The molecule has 1 unspecified atom stereocenters. The van der Waals surface area contributed by atoms with Crippen molar-refractivity contribution >= 4 is 17.7 Å². The van der Waals surface area contributed by atoms with E-state index in [0.717, 1.165) is 12.8 Å². The van der Waals surface area contributed by atoms with E-state index in [1.165, 1.54) is 0 Å². The first-order valence-electron chi connectivity index (χ1n) is 14.9. The molecule has 1 N–H and O–H groups in total. The van der Waals surface area contributed by atoms with Gasteiger partial charge in [-0.15, -0.1) is 0 Å². The number of amides is 3. The summed E-state index contributed by atoms with van der Waals surface area (Å²) in [6.07, 6.45) is 11.1. The number of hydrogen-bond donors (Lipinski definition) is 1. The zero-order valence-corrected chi connectivity index (χ0v) is 25.0. The second kappa shape index (κ2) is 10.7. The summed E-state index contributed by atoms with van der Waals surface area (Å²) < 4.78 is 7.03. The van der Waals surface area contributed by atoms with Crippen LogP contribution in [0.4, 0.5) is 0 Å². The van der Waals surface area contributed by atoms with Crippen molar-refractivity contribution in [3.8, 4) is 0 Å². The zero-order chi connectivity index (χ0) is 28.8. The van der Waals surface area contributed by atoms with Crippen LogP contribution in [0.3, 0.4) is 0 Å². The van der Waals surface area contributed by atoms with Gasteiger partial charge < -0.3 is 24.5 Å². The molecule has 39 heavy (non-hydrogen) atoms. The second-order valence-corrected chi connectivity index (χ2v) is 13.7. The van der Waals surface area contributed by atoms with Crippen LogP contribution in [-0.2, 0) is 19.1 Å². The molecule has 2 saturated heterocycles. The fourth-order valence-electron chi connectivity index (χ4n) is 7.85. The molecule has 0 aromatic heterocycles. The van der Waals surface area contributed by atoms with Gasteiger partial charge in [0.25, 0.3) is 0 Å². The van der Waals surface area contributed by atoms with Crippen LogP contribution < -0.4 is 0 Å². The summed E-state index contributed by atoms with van der Waals surface area (Å²) in [4.78, 5) is 48.6. The summed E-state index contributed by atoms with van der Waals surface area (Å²) in [5, 5.41) is 9.45. The molecule has 4 aliphatic rings. The van der Waals surface area contributed by atoms with E-state index in [2.05, 4.69) is 34.6 Å². The van der Waals surface area contributed by atoms with E-state index < -0.39 is 34.6 Å². The summed E-state index contributed by atoms with van der Waals surface area (Å²) in [5.41, 5.74) is -2.64. The number of aliphatic hydroxyl groups excluding tert-OH is 1. The Labute approximate surface area is 234 Å². The number of unbranched alkanes of at least 4 members (excludes halogenated alkanes) is 1. The average Bonchev–Trinajstić information content (AvgIpc) is 3.12. The van der Waals surface area contributed by atoms with Crippen LogP contribution in [0.2, 0.25) is 0 Å². The molecule has 5 atom stereocenters. The van der Waals surface area contributed by atoms with Gasteiger partial charge in [0.2, 0.25) is 17.7 Å². The van der Waals surface area contributed by atoms with Crippen LogP contribution in [0.1, 0.15) is 80.6 Å². The lowest BCUT2D eigenvalue weighted by atomic mass is 9.72. The van der Waals surface area contributed by atoms with Crippen LogP contribution in [-0.4, -0.2) is 93.1 Å². The first kappa shape index (κ1) is 29.8. The third-order valence-corrected chi connectivity index (χ3v) is 9.02. The normalized spacial score (nSPS) is 32.9. The van der Waals surface area contributed by atoms with E-state index in [0.29, 0.717) is 45.4 Å². The first-order chi connectivity index (χ1) is 18.3. The number of nitrogens with zero attached hydrogens (tertiary/aromatic N) is 3. The van der Waals surface area contributed by atoms with Crippen molar-refractivity contribution in [2.24, 2.45) is 17.3 Å². The molecule has 1 spiro atoms. The predicted molar refractivity (Wildman–Crippen MR) is 151 cm³/mol. The second-order valence-electron chi connectivity index (χ2n) is 13.7. The smallest absolute Gasteiger partial charge is 0.249 e. The van der Waals surface area contributed by atoms with Gasteiger partial charge in [0.1, 0.15) is 11.6 Å². The molecular weight excluding hydrogens is 494 g/mol. The van der Waals surface area contributed by atoms with Crippen LogP contribution in [0.15, 0.2) is 24.3 Å². The lowest BCUT2D eigenvalue weighted by molar-refractivity contribution is -0.157. The molecule has 3 amide bonds. The minimum absolute atomic E-state index is 0.00436. The third kappa shape index (κ3) is 4.96. The molecule has 8 nitrogen and oxygen atoms in total. The van der Waals surface area contributed by atoms with Gasteiger partial charge in [-0.3, -0.25) is 14.4 Å². The Hall–Kier alpha value is -2.19. The fraction of sp³-hybridized carbons (Fsp3) is 0.774. The third-order valence-electron chi connectivity index (χ3n) is 9.02. The Morgan fingerprint density at radius 1 is 0.923 bits per heavy atom. The van der Waals surface area contributed by atoms with Crippen molar-refractivity contribution in [3.05, 3.63) is 24.3 Å². The Balaban J connectivity index is 1.84. The van der Waals surface area contributed by atoms with Crippen molar-refractivity contribution in [1.29, 1.82) is 0 Å². The quantitative estimate of drug-likeness (QED) is 0.355. The maximum atomic E-state index is 14.6. The zero-order valence-electron chi connectivity index (χ0n) is 25.0. The predicted octanol–water partition coefficient (Wildman–Crippen LogP) is 3.54. The number of aliphatic hydroxyl groups is 1. The van der Waals surface area contributed by atoms with Gasteiger partial charge in [-0.25, -0.2) is 0 Å². The molecule has 0 bridgehead atoms. The summed E-state index contributed by atoms with van der Waals surface area (Å²) in [6.45, 7) is 16.6. The highest BCUT2D eigenvalue weighted by atomic mass is 16.5. The van der Waals surface area contributed by atoms with E-state index in [4.69, 9.17) is 4.74 Å². The van der Waals surface area contributed by atoms with Gasteiger partial charge in [-0.2, -0.15) is 0 Å². The molecular formula is C31H49N3O5. The number of fused-ring (bicyclic) bond motifs is 2. The Morgan fingerprint density at radius 2 is 1.62 bits per heavy atom. The SMILES string of the molecule is CCCN1CC=C[C@@]2(CC)O[C@]34C=CCN(C(C)(C)CC(C)(C)C)C(=O)C3N(CCCCO)C(=O)[C@@H]4[C@H]2C1=O. The lowest BCUT2D eigenvalue weighted by Crippen LogP contribution is -2.60. The monoisotopic (exact) mass is 543 g/mol. The first-order valence-corrected chi connectivity index (χ1v) is 14.9. The molecule has 0 aromatic rings. The van der Waals surface area contributed by atoms with E-state index in [1.807, 2.05) is 48.0 Å². The Morgan fingerprint density at radius 3 is 2.23 bits per heavy atom. The molecule has 0 aromatic carbocycles. The summed E-state index contributed by atoms with van der Waals surface area (Å²) in [5.74, 6) is -1.86. The molecule has 4 heterocycles. The maximum absolute atomic E-state index is 14.6. The van der Waals surface area contributed by atoms with Gasteiger partial charge in [0.05, 0.1) is 17.4 Å². The fourth-order valence-corrected chi connectivity index (χ4v) is 7.85. The largest absolute Gasteiger partial charge is 0.396 e. The lowest BCUT2D eigenvalue weighted by Gasteiger charge is -2.45. The topological polar surface area (TPSA) is 90.4 Å². The highest BCUT2D eigenvalue weighted by molar-refractivity contribution is 6.00. The number of hydrogen-bond acceptors (Lipinski definition) is 5. The van der Waals surface area contributed by atoms with Crippen LogP contribution in [0, 0.1) is 17.3 Å². The molecule has 4 aliphatic heterocycles. The summed E-state index contributed by atoms with van der Waals surface area (Å²) in [6, 6.07) is -0.858. The van der Waals surface area contributed by atoms with Gasteiger partial charge in [0.15, 0.2) is 0 Å². The molecule has 0 radical (unpaired) electrons. The molecule has 4 rings (SSSR count). The number of carbonyl (C=O) groups excluding carboxylic acids is 3. The van der Waals surface area contributed by atoms with Crippen LogP contribution >= 0.6 is 0 Å². The van der Waals surface area contributed by atoms with E-state index in [9.17, 15) is 19.5 Å². The maximum Gasteiger partial charge on any atom is 0.249 e. The molecule has 0 saturated carbocycles. The number of likely N-dealkylation sites (tertiary alicyclic amines) is 1. The molecule has 8 heteroatoms. The molecule has 0 aliphatic carbocycles. The number of carbonyl (C=O) groups is 3. The average molecular weight is 544 g/mol. The van der Waals surface area contributed by atoms with Gasteiger partial charge in [-0.1, -0.05) is 58.9 Å². The highest BCUT2D eigenvalue weighted by Gasteiger charge is 2.75. The van der Waals surface area contributed by atoms with Crippen LogP contribution in [0.25, 0.3) is 0 Å². The Bertz CT molecular complexity index is 1030.